The smallest absolute Gasteiger partial charge is 0.180 e. The van der Waals surface area contributed by atoms with Crippen LogP contribution in [0.5, 0.6) is 0 Å². The van der Waals surface area contributed by atoms with Crippen LogP contribution in [0.2, 0.25) is 0 Å². The van der Waals surface area contributed by atoms with E-state index < -0.39 is 0 Å². The Hall–Kier alpha value is -1.73. The van der Waals surface area contributed by atoms with E-state index in [1.165, 1.54) is 18.0 Å². The Labute approximate surface area is 97.2 Å². The van der Waals surface area contributed by atoms with Gasteiger partial charge >= 0.3 is 0 Å². The van der Waals surface area contributed by atoms with Crippen LogP contribution in [0.1, 0.15) is 0 Å². The lowest BCUT2D eigenvalue weighted by Gasteiger charge is -1.91. The molecule has 1 unspecified atom stereocenters. The zero-order valence-corrected chi connectivity index (χ0v) is 10.2. The molecule has 1 aromatic carbocycles. The monoisotopic (exact) mass is 232 g/mol. The van der Waals surface area contributed by atoms with Gasteiger partial charge in [-0.1, -0.05) is 24.3 Å². The molecule has 3 rings (SSSR count). The number of hydrogen-bond donors (Lipinski definition) is 0. The first-order chi connectivity index (χ1) is 7.47. The Bertz CT molecular complexity index is 428. The topological polar surface area (TPSA) is 38.9 Å². The molecular weight excluding hydrogens is 219 g/mol. The highest BCUT2D eigenvalue weighted by Crippen LogP contribution is 2.07. The maximum atomic E-state index is 4.47. The molecule has 2 heterocycles. The summed E-state index contributed by atoms with van der Waals surface area (Å²) in [6.07, 6.45) is 6.28. The van der Waals surface area contributed by atoms with E-state index in [1.807, 2.05) is 30.5 Å². The fraction of sp³-hybridized carbons (Fsp3) is 0. The Morgan fingerprint density at radius 3 is 2.38 bits per heavy atom. The number of aromatic nitrogens is 2. The van der Waals surface area contributed by atoms with Crippen LogP contribution < -0.4 is 0 Å². The lowest BCUT2D eigenvalue weighted by atomic mass is 10.2. The number of oxazole rings is 1. The predicted octanol–water partition coefficient (Wildman–Crippen LogP) is 2.97. The van der Waals surface area contributed by atoms with Crippen LogP contribution in [-0.4, -0.2) is 9.97 Å². The SMILES string of the molecule is P.c1ccc2ncccc2c1.c1cocn1. The van der Waals surface area contributed by atoms with Gasteiger partial charge in [-0.05, 0) is 12.1 Å². The maximum Gasteiger partial charge on any atom is 0.180 e. The highest BCUT2D eigenvalue weighted by atomic mass is 31.0. The summed E-state index contributed by atoms with van der Waals surface area (Å²) in [7, 11) is 0. The summed E-state index contributed by atoms with van der Waals surface area (Å²) in [6.45, 7) is 0. The molecule has 0 bridgehead atoms. The van der Waals surface area contributed by atoms with Crippen LogP contribution in [0.3, 0.4) is 0 Å². The minimum absolute atomic E-state index is 0. The molecule has 0 saturated carbocycles. The van der Waals surface area contributed by atoms with Crippen molar-refractivity contribution in [3.63, 3.8) is 0 Å². The molecule has 4 heteroatoms. The lowest BCUT2D eigenvalue weighted by molar-refractivity contribution is 0.558. The zero-order chi connectivity index (χ0) is 10.3. The molecule has 0 spiro atoms. The summed E-state index contributed by atoms with van der Waals surface area (Å²) in [5.74, 6) is 0. The highest BCUT2D eigenvalue weighted by Gasteiger charge is 1.86. The molecule has 3 nitrogen and oxygen atoms in total. The summed E-state index contributed by atoms with van der Waals surface area (Å²) in [6, 6.07) is 12.1. The fourth-order valence-electron chi connectivity index (χ4n) is 1.19. The van der Waals surface area contributed by atoms with Gasteiger partial charge in [-0.25, -0.2) is 4.98 Å². The predicted molar refractivity (Wildman–Crippen MR) is 69.4 cm³/mol. The van der Waals surface area contributed by atoms with Crippen LogP contribution >= 0.6 is 9.90 Å². The summed E-state index contributed by atoms with van der Waals surface area (Å²) in [5.41, 5.74) is 1.06. The lowest BCUT2D eigenvalue weighted by Crippen LogP contribution is -1.73. The van der Waals surface area contributed by atoms with Crippen LogP contribution in [0.25, 0.3) is 10.9 Å². The van der Waals surface area contributed by atoms with Gasteiger partial charge in [-0.3, -0.25) is 4.98 Å². The number of para-hydroxylation sites is 1. The molecule has 0 amide bonds. The molecule has 1 atom stereocenters. The van der Waals surface area contributed by atoms with Crippen molar-refractivity contribution >= 4 is 20.8 Å². The van der Waals surface area contributed by atoms with Crippen LogP contribution in [0.15, 0.2) is 65.9 Å². The van der Waals surface area contributed by atoms with Gasteiger partial charge in [-0.2, -0.15) is 9.90 Å². The number of nitrogens with zero attached hydrogens (tertiary/aromatic N) is 2. The third-order valence-corrected chi connectivity index (χ3v) is 1.86. The van der Waals surface area contributed by atoms with E-state index >= 15 is 0 Å². The zero-order valence-electron chi connectivity index (χ0n) is 8.78. The minimum atomic E-state index is 0. The third-order valence-electron chi connectivity index (χ3n) is 1.86. The van der Waals surface area contributed by atoms with Crippen molar-refractivity contribution in [1.82, 2.24) is 9.97 Å². The molecule has 0 N–H and O–H groups in total. The summed E-state index contributed by atoms with van der Waals surface area (Å²) in [5, 5.41) is 1.20. The molecule has 16 heavy (non-hydrogen) atoms. The first-order valence-corrected chi connectivity index (χ1v) is 4.59. The van der Waals surface area contributed by atoms with E-state index in [9.17, 15) is 0 Å². The Balaban J connectivity index is 0.000000183. The molecule has 0 aliphatic heterocycles. The van der Waals surface area contributed by atoms with E-state index in [0.717, 1.165) is 5.52 Å². The maximum absolute atomic E-state index is 4.47. The van der Waals surface area contributed by atoms with Gasteiger partial charge in [0.25, 0.3) is 0 Å². The van der Waals surface area contributed by atoms with Crippen molar-refractivity contribution in [3.05, 3.63) is 61.4 Å². The molecule has 0 fully saturated rings. The van der Waals surface area contributed by atoms with Crippen LogP contribution in [-0.2, 0) is 0 Å². The quantitative estimate of drug-likeness (QED) is 0.559. The first kappa shape index (κ1) is 12.3. The van der Waals surface area contributed by atoms with Gasteiger partial charge in [0.15, 0.2) is 6.39 Å². The molecule has 82 valence electrons. The van der Waals surface area contributed by atoms with E-state index in [-0.39, 0.29) is 9.90 Å². The number of fused-ring (bicyclic) bond motifs is 1. The summed E-state index contributed by atoms with van der Waals surface area (Å²) in [4.78, 5) is 7.74. The first-order valence-electron chi connectivity index (χ1n) is 4.59. The van der Waals surface area contributed by atoms with Gasteiger partial charge in [0, 0.05) is 11.6 Å². The van der Waals surface area contributed by atoms with Crippen molar-refractivity contribution < 1.29 is 4.42 Å². The molecule has 3 aromatic rings. The van der Waals surface area contributed by atoms with Crippen molar-refractivity contribution in [2.24, 2.45) is 0 Å². The number of hydrogen-bond acceptors (Lipinski definition) is 3. The molecule has 0 saturated heterocycles. The number of rotatable bonds is 0. The largest absolute Gasteiger partial charge is 0.452 e. The second-order valence-corrected chi connectivity index (χ2v) is 2.87. The standard InChI is InChI=1S/C9H7N.C3H3NO.H3P/c1-2-6-9-8(4-1)5-3-7-10-9;1-2-5-3-4-1;/h1-7H;1-3H;1H3. The highest BCUT2D eigenvalue weighted by molar-refractivity contribution is 6.92. The Morgan fingerprint density at radius 2 is 1.75 bits per heavy atom. The van der Waals surface area contributed by atoms with E-state index in [0.29, 0.717) is 0 Å². The van der Waals surface area contributed by atoms with Gasteiger partial charge in [0.05, 0.1) is 11.7 Å². The summed E-state index contributed by atoms with van der Waals surface area (Å²) < 4.78 is 4.47. The second-order valence-electron chi connectivity index (χ2n) is 2.87. The minimum Gasteiger partial charge on any atom is -0.452 e. The fourth-order valence-corrected chi connectivity index (χ4v) is 1.19. The van der Waals surface area contributed by atoms with Crippen LogP contribution in [0.4, 0.5) is 0 Å². The van der Waals surface area contributed by atoms with Crippen LogP contribution in [0, 0.1) is 0 Å². The third kappa shape index (κ3) is 3.44. The van der Waals surface area contributed by atoms with Gasteiger partial charge in [0.1, 0.15) is 6.26 Å². The van der Waals surface area contributed by atoms with Gasteiger partial charge < -0.3 is 4.42 Å². The molecular formula is C12H13N2OP. The second kappa shape index (κ2) is 6.70. The van der Waals surface area contributed by atoms with E-state index in [4.69, 9.17) is 0 Å². The van der Waals surface area contributed by atoms with Crippen molar-refractivity contribution in [3.8, 4) is 0 Å². The van der Waals surface area contributed by atoms with Gasteiger partial charge in [0.2, 0.25) is 0 Å². The van der Waals surface area contributed by atoms with Crippen molar-refractivity contribution in [2.45, 2.75) is 0 Å². The molecule has 0 aliphatic rings. The van der Waals surface area contributed by atoms with Crippen molar-refractivity contribution in [1.29, 1.82) is 0 Å². The number of benzene rings is 1. The van der Waals surface area contributed by atoms with E-state index in [2.05, 4.69) is 26.5 Å². The molecule has 2 aromatic heterocycles. The molecule has 0 radical (unpaired) electrons. The Morgan fingerprint density at radius 1 is 0.938 bits per heavy atom. The molecule has 0 aliphatic carbocycles. The average Bonchev–Trinajstić information content (AvgIpc) is 2.88. The summed E-state index contributed by atoms with van der Waals surface area (Å²) >= 11 is 0. The van der Waals surface area contributed by atoms with Crippen molar-refractivity contribution in [2.75, 3.05) is 0 Å². The number of pyridine rings is 1. The Kier molecular flexibility index (Phi) is 5.17. The average molecular weight is 232 g/mol. The van der Waals surface area contributed by atoms with Gasteiger partial charge in [-0.15, -0.1) is 0 Å². The normalized spacial score (nSPS) is 8.75. The van der Waals surface area contributed by atoms with E-state index in [1.54, 1.807) is 6.20 Å².